The van der Waals surface area contributed by atoms with Gasteiger partial charge in [-0.05, 0) is 25.7 Å². The lowest BCUT2D eigenvalue weighted by Gasteiger charge is -2.30. The van der Waals surface area contributed by atoms with Crippen molar-refractivity contribution < 1.29 is 4.79 Å². The zero-order valence-electron chi connectivity index (χ0n) is 13.4. The van der Waals surface area contributed by atoms with E-state index < -0.39 is 0 Å². The first kappa shape index (κ1) is 15.7. The second-order valence-corrected chi connectivity index (χ2v) is 6.93. The fourth-order valence-electron chi connectivity index (χ4n) is 2.73. The van der Waals surface area contributed by atoms with Crippen molar-refractivity contribution in [3.63, 3.8) is 0 Å². The molecule has 1 saturated carbocycles. The van der Waals surface area contributed by atoms with E-state index in [0.717, 1.165) is 37.2 Å². The Kier molecular flexibility index (Phi) is 4.80. The van der Waals surface area contributed by atoms with Crippen LogP contribution in [0.1, 0.15) is 59.1 Å². The number of nitrogens with one attached hydrogen (secondary N) is 2. The van der Waals surface area contributed by atoms with Crippen molar-refractivity contribution in [3.05, 3.63) is 18.1 Å². The summed E-state index contributed by atoms with van der Waals surface area (Å²) in [5.41, 5.74) is 1.08. The molecule has 0 bridgehead atoms. The molecule has 21 heavy (non-hydrogen) atoms. The lowest BCUT2D eigenvalue weighted by atomic mass is 9.90. The predicted octanol–water partition coefficient (Wildman–Crippen LogP) is 2.63. The van der Waals surface area contributed by atoms with Crippen molar-refractivity contribution in [1.82, 2.24) is 15.3 Å². The highest BCUT2D eigenvalue weighted by Gasteiger charge is 2.22. The summed E-state index contributed by atoms with van der Waals surface area (Å²) in [4.78, 5) is 19.7. The molecule has 0 spiro atoms. The van der Waals surface area contributed by atoms with Crippen LogP contribution in [0.25, 0.3) is 0 Å². The van der Waals surface area contributed by atoms with Gasteiger partial charge >= 0.3 is 0 Å². The number of hydrogen-bond donors (Lipinski definition) is 2. The normalized spacial score (nSPS) is 22.7. The van der Waals surface area contributed by atoms with Crippen LogP contribution in [0, 0.1) is 0 Å². The van der Waals surface area contributed by atoms with Crippen molar-refractivity contribution in [2.45, 2.75) is 70.9 Å². The van der Waals surface area contributed by atoms with Gasteiger partial charge in [0.15, 0.2) is 0 Å². The molecule has 0 aromatic carbocycles. The van der Waals surface area contributed by atoms with Gasteiger partial charge in [0.05, 0.1) is 5.69 Å². The van der Waals surface area contributed by atoms with Crippen molar-refractivity contribution in [3.8, 4) is 0 Å². The minimum atomic E-state index is 0.0302. The topological polar surface area (TPSA) is 66.9 Å². The number of carbonyl (C=O) groups is 1. The van der Waals surface area contributed by atoms with Crippen LogP contribution in [-0.4, -0.2) is 28.0 Å². The molecule has 5 heteroatoms. The van der Waals surface area contributed by atoms with Crippen LogP contribution in [0.4, 0.5) is 5.82 Å². The monoisotopic (exact) mass is 290 g/mol. The Hall–Kier alpha value is -1.65. The van der Waals surface area contributed by atoms with E-state index in [2.05, 4.69) is 41.4 Å². The van der Waals surface area contributed by atoms with E-state index in [4.69, 9.17) is 0 Å². The summed E-state index contributed by atoms with van der Waals surface area (Å²) in [7, 11) is 0. The minimum Gasteiger partial charge on any atom is -0.367 e. The first-order chi connectivity index (χ1) is 9.84. The Labute approximate surface area is 127 Å². The van der Waals surface area contributed by atoms with Crippen LogP contribution in [0.15, 0.2) is 12.4 Å². The molecule has 1 aliphatic carbocycles. The SMILES string of the molecule is CC(=O)N[C@H]1CC[C@@H](Nc2cc(C(C)(C)C)ncn2)CC1. The van der Waals surface area contributed by atoms with Gasteiger partial charge < -0.3 is 10.6 Å². The van der Waals surface area contributed by atoms with Gasteiger partial charge in [-0.3, -0.25) is 4.79 Å². The standard InChI is InChI=1S/C16H26N4O/c1-11(21)19-12-5-7-13(8-6-12)20-15-9-14(16(2,3)4)17-10-18-15/h9-10,12-13H,5-8H2,1-4H3,(H,19,21)(H,17,18,20)/t12-,13+. The molecule has 2 N–H and O–H groups in total. The molecule has 1 aromatic heterocycles. The fraction of sp³-hybridized carbons (Fsp3) is 0.688. The largest absolute Gasteiger partial charge is 0.367 e. The number of anilines is 1. The number of amides is 1. The smallest absolute Gasteiger partial charge is 0.217 e. The van der Waals surface area contributed by atoms with Crippen LogP contribution >= 0.6 is 0 Å². The molecule has 2 rings (SSSR count). The Bertz CT molecular complexity index is 487. The van der Waals surface area contributed by atoms with Crippen LogP contribution in [0.5, 0.6) is 0 Å². The molecule has 1 heterocycles. The van der Waals surface area contributed by atoms with Crippen molar-refractivity contribution in [2.24, 2.45) is 0 Å². The maximum Gasteiger partial charge on any atom is 0.217 e. The van der Waals surface area contributed by atoms with Gasteiger partial charge in [-0.25, -0.2) is 9.97 Å². The molecule has 1 fully saturated rings. The van der Waals surface area contributed by atoms with Crippen LogP contribution in [0.3, 0.4) is 0 Å². The van der Waals surface area contributed by atoms with E-state index in [1.165, 1.54) is 0 Å². The second-order valence-electron chi connectivity index (χ2n) is 6.93. The van der Waals surface area contributed by atoms with E-state index in [9.17, 15) is 4.79 Å². The highest BCUT2D eigenvalue weighted by Crippen LogP contribution is 2.24. The molecule has 5 nitrogen and oxygen atoms in total. The van der Waals surface area contributed by atoms with Crippen LogP contribution < -0.4 is 10.6 Å². The van der Waals surface area contributed by atoms with Crippen molar-refractivity contribution in [1.29, 1.82) is 0 Å². The van der Waals surface area contributed by atoms with Crippen molar-refractivity contribution >= 4 is 11.7 Å². The molecule has 1 aromatic rings. The minimum absolute atomic E-state index is 0.0302. The van der Waals surface area contributed by atoms with Gasteiger partial charge in [0.2, 0.25) is 5.91 Å². The molecule has 116 valence electrons. The summed E-state index contributed by atoms with van der Waals surface area (Å²) in [6.45, 7) is 8.03. The summed E-state index contributed by atoms with van der Waals surface area (Å²) in [5.74, 6) is 0.968. The molecule has 1 amide bonds. The second kappa shape index (κ2) is 6.41. The van der Waals surface area contributed by atoms with Gasteiger partial charge in [-0.15, -0.1) is 0 Å². The number of rotatable bonds is 3. The molecule has 1 aliphatic rings. The Morgan fingerprint density at radius 1 is 1.14 bits per heavy atom. The molecule has 0 radical (unpaired) electrons. The Morgan fingerprint density at radius 3 is 2.33 bits per heavy atom. The van der Waals surface area contributed by atoms with E-state index in [0.29, 0.717) is 12.1 Å². The van der Waals surface area contributed by atoms with Crippen LogP contribution in [0.2, 0.25) is 0 Å². The molecular weight excluding hydrogens is 264 g/mol. The van der Waals surface area contributed by atoms with Gasteiger partial charge in [0.25, 0.3) is 0 Å². The summed E-state index contributed by atoms with van der Waals surface area (Å²) < 4.78 is 0. The number of carbonyl (C=O) groups excluding carboxylic acids is 1. The molecule has 0 unspecified atom stereocenters. The van der Waals surface area contributed by atoms with Gasteiger partial charge in [-0.1, -0.05) is 20.8 Å². The van der Waals surface area contributed by atoms with Crippen molar-refractivity contribution in [2.75, 3.05) is 5.32 Å². The molecule has 0 saturated heterocycles. The first-order valence-corrected chi connectivity index (χ1v) is 7.71. The predicted molar refractivity (Wildman–Crippen MR) is 84.2 cm³/mol. The van der Waals surface area contributed by atoms with E-state index in [-0.39, 0.29) is 11.3 Å². The summed E-state index contributed by atoms with van der Waals surface area (Å²) >= 11 is 0. The summed E-state index contributed by atoms with van der Waals surface area (Å²) in [6.07, 6.45) is 5.79. The maximum absolute atomic E-state index is 11.1. The molecule has 0 atom stereocenters. The molecular formula is C16H26N4O. The fourth-order valence-corrected chi connectivity index (χ4v) is 2.73. The zero-order valence-corrected chi connectivity index (χ0v) is 13.4. The van der Waals surface area contributed by atoms with E-state index in [1.807, 2.05) is 6.07 Å². The van der Waals surface area contributed by atoms with Gasteiger partial charge in [-0.2, -0.15) is 0 Å². The van der Waals surface area contributed by atoms with Crippen LogP contribution in [-0.2, 0) is 10.2 Å². The Balaban J connectivity index is 1.90. The lowest BCUT2D eigenvalue weighted by molar-refractivity contribution is -0.119. The van der Waals surface area contributed by atoms with E-state index >= 15 is 0 Å². The highest BCUT2D eigenvalue weighted by atomic mass is 16.1. The number of aromatic nitrogens is 2. The third kappa shape index (κ3) is 4.69. The number of hydrogen-bond acceptors (Lipinski definition) is 4. The third-order valence-electron chi connectivity index (χ3n) is 3.92. The Morgan fingerprint density at radius 2 is 1.76 bits per heavy atom. The van der Waals surface area contributed by atoms with Gasteiger partial charge in [0, 0.05) is 30.5 Å². The third-order valence-corrected chi connectivity index (χ3v) is 3.92. The summed E-state index contributed by atoms with van der Waals surface area (Å²) in [6, 6.07) is 2.80. The lowest BCUT2D eigenvalue weighted by Crippen LogP contribution is -2.39. The first-order valence-electron chi connectivity index (χ1n) is 7.71. The highest BCUT2D eigenvalue weighted by molar-refractivity contribution is 5.73. The number of nitrogens with zero attached hydrogens (tertiary/aromatic N) is 2. The quantitative estimate of drug-likeness (QED) is 0.898. The maximum atomic E-state index is 11.1. The molecule has 0 aliphatic heterocycles. The average Bonchev–Trinajstić information content (AvgIpc) is 2.40. The zero-order chi connectivity index (χ0) is 15.5. The average molecular weight is 290 g/mol. The summed E-state index contributed by atoms with van der Waals surface area (Å²) in [5, 5.41) is 6.51. The van der Waals surface area contributed by atoms with Gasteiger partial charge in [0.1, 0.15) is 12.1 Å². The van der Waals surface area contributed by atoms with E-state index in [1.54, 1.807) is 13.3 Å².